The number of rotatable bonds is 5. The Morgan fingerprint density at radius 3 is 1.52 bits per heavy atom. The van der Waals surface area contributed by atoms with E-state index in [9.17, 15) is 0 Å². The second-order valence-electron chi connectivity index (χ2n) is 6.06. The summed E-state index contributed by atoms with van der Waals surface area (Å²) in [6, 6.07) is 29.9. The third-order valence-electron chi connectivity index (χ3n) is 3.39. The number of hydrogen-bond acceptors (Lipinski definition) is 3. The summed E-state index contributed by atoms with van der Waals surface area (Å²) in [5, 5.41) is 8.89. The molecule has 0 spiro atoms. The summed E-state index contributed by atoms with van der Waals surface area (Å²) in [6.45, 7) is 5.07. The first-order chi connectivity index (χ1) is 13.0. The van der Waals surface area contributed by atoms with Crippen LogP contribution in [0.25, 0.3) is 0 Å². The largest absolute Gasteiger partial charge is 0.550 e. The van der Waals surface area contributed by atoms with E-state index in [0.717, 1.165) is 12.7 Å². The van der Waals surface area contributed by atoms with Crippen molar-refractivity contribution in [2.45, 2.75) is 41.6 Å². The maximum absolute atomic E-state index is 8.89. The summed E-state index contributed by atoms with van der Waals surface area (Å²) >= 11 is 0. The predicted molar refractivity (Wildman–Crippen MR) is 108 cm³/mol. The Kier molecular flexibility index (Phi) is 7.96. The van der Waals surface area contributed by atoms with Crippen molar-refractivity contribution in [1.29, 1.82) is 0 Å². The van der Waals surface area contributed by atoms with E-state index in [2.05, 4.69) is 84.9 Å². The molecule has 27 heavy (non-hydrogen) atoms. The van der Waals surface area contributed by atoms with Crippen molar-refractivity contribution in [3.63, 3.8) is 0 Å². The van der Waals surface area contributed by atoms with E-state index >= 15 is 0 Å². The second-order valence-corrected chi connectivity index (χ2v) is 8.09. The highest BCUT2D eigenvalue weighted by molar-refractivity contribution is 7.97. The zero-order valence-electron chi connectivity index (χ0n) is 15.8. The van der Waals surface area contributed by atoms with Crippen molar-refractivity contribution in [2.24, 2.45) is 0 Å². The first-order valence-electron chi connectivity index (χ1n) is 8.76. The third-order valence-corrected chi connectivity index (χ3v) is 5.62. The molecule has 0 radical (unpaired) electrons. The fraction of sp³-hybridized carbons (Fsp3) is 0.174. The Labute approximate surface area is 164 Å². The van der Waals surface area contributed by atoms with Gasteiger partial charge >= 0.3 is 0 Å². The fourth-order valence-electron chi connectivity index (χ4n) is 2.45. The maximum Gasteiger partial charge on any atom is 0.166 e. The van der Waals surface area contributed by atoms with Crippen LogP contribution in [0.5, 0.6) is 5.75 Å². The van der Waals surface area contributed by atoms with E-state index in [-0.39, 0.29) is 17.0 Å². The summed E-state index contributed by atoms with van der Waals surface area (Å²) in [4.78, 5) is 12.9. The van der Waals surface area contributed by atoms with Gasteiger partial charge in [-0.05, 0) is 69.3 Å². The number of aliphatic carboxylic acids is 1. The van der Waals surface area contributed by atoms with Gasteiger partial charge in [0.2, 0.25) is 0 Å². The fourth-order valence-corrected chi connectivity index (χ4v) is 4.53. The highest BCUT2D eigenvalue weighted by Crippen LogP contribution is 2.31. The Morgan fingerprint density at radius 1 is 0.778 bits per heavy atom. The molecule has 0 aliphatic rings. The van der Waals surface area contributed by atoms with Gasteiger partial charge in [-0.25, -0.2) is 0 Å². The van der Waals surface area contributed by atoms with Gasteiger partial charge in [-0.2, -0.15) is 0 Å². The monoisotopic (exact) mass is 380 g/mol. The normalized spacial score (nSPS) is 10.3. The van der Waals surface area contributed by atoms with Gasteiger partial charge in [-0.3, -0.25) is 0 Å². The number of benzene rings is 3. The summed E-state index contributed by atoms with van der Waals surface area (Å²) in [5.41, 5.74) is 0. The van der Waals surface area contributed by atoms with E-state index in [0.29, 0.717) is 0 Å². The summed E-state index contributed by atoms with van der Waals surface area (Å²) in [5.74, 6) is -0.159. The molecular weight excluding hydrogens is 356 g/mol. The van der Waals surface area contributed by atoms with Crippen molar-refractivity contribution in [1.82, 2.24) is 0 Å². The smallest absolute Gasteiger partial charge is 0.166 e. The second kappa shape index (κ2) is 10.4. The third kappa shape index (κ3) is 6.83. The van der Waals surface area contributed by atoms with Crippen molar-refractivity contribution in [2.75, 3.05) is 0 Å². The van der Waals surface area contributed by atoms with Crippen LogP contribution in [0.3, 0.4) is 0 Å². The molecule has 0 aromatic heterocycles. The maximum atomic E-state index is 8.89. The number of carboxylic acids is 1. The first-order valence-corrected chi connectivity index (χ1v) is 9.98. The Balaban J connectivity index is 0.000000596. The van der Waals surface area contributed by atoms with Gasteiger partial charge < -0.3 is 14.6 Å². The highest BCUT2D eigenvalue weighted by atomic mass is 32.2. The van der Waals surface area contributed by atoms with Crippen molar-refractivity contribution >= 4 is 16.9 Å². The molecule has 0 heterocycles. The molecule has 140 valence electrons. The lowest BCUT2D eigenvalue weighted by Gasteiger charge is -2.11. The molecule has 4 heteroatoms. The Bertz CT molecular complexity index is 772. The molecule has 0 atom stereocenters. The van der Waals surface area contributed by atoms with Crippen LogP contribution in [-0.4, -0.2) is 12.1 Å². The van der Waals surface area contributed by atoms with Crippen LogP contribution in [-0.2, 0) is 15.7 Å². The van der Waals surface area contributed by atoms with Gasteiger partial charge in [0.15, 0.2) is 14.7 Å². The minimum atomic E-state index is -1.08. The van der Waals surface area contributed by atoms with Crippen LogP contribution in [0.15, 0.2) is 99.6 Å². The molecule has 0 unspecified atom stereocenters. The van der Waals surface area contributed by atoms with Crippen LogP contribution in [0, 0.1) is 0 Å². The van der Waals surface area contributed by atoms with E-state index < -0.39 is 5.97 Å². The molecular formula is C23H24O3S. The molecule has 0 saturated carbocycles. The predicted octanol–water partition coefficient (Wildman–Crippen LogP) is 4.33. The van der Waals surface area contributed by atoms with Gasteiger partial charge in [-0.1, -0.05) is 36.4 Å². The number of carboxylic acid groups (broad SMARTS) is 1. The standard InChI is InChI=1S/C21H21OS.C2H4O2/c1-17(2)22-18-13-15-21(16-14-18)23(19-9-5-3-6-10-19)20-11-7-4-8-12-20;1-2(3)4/h3-17H,1-2H3;1H3,(H,3,4)/q+1;/p-1. The number of ether oxygens (including phenoxy) is 1. The lowest BCUT2D eigenvalue weighted by atomic mass is 10.3. The zero-order chi connectivity index (χ0) is 19.6. The minimum absolute atomic E-state index is 0.0911. The summed E-state index contributed by atoms with van der Waals surface area (Å²) in [6.07, 6.45) is 0.197. The van der Waals surface area contributed by atoms with Crippen molar-refractivity contribution in [3.8, 4) is 5.75 Å². The van der Waals surface area contributed by atoms with Crippen LogP contribution in [0.1, 0.15) is 20.8 Å². The molecule has 3 aromatic carbocycles. The molecule has 0 N–H and O–H groups in total. The molecule has 0 bridgehead atoms. The summed E-state index contributed by atoms with van der Waals surface area (Å²) in [7, 11) is -0.0911. The molecule has 0 fully saturated rings. The van der Waals surface area contributed by atoms with Crippen molar-refractivity contribution in [3.05, 3.63) is 84.9 Å². The average Bonchev–Trinajstić information content (AvgIpc) is 2.64. The van der Waals surface area contributed by atoms with Crippen LogP contribution in [0.2, 0.25) is 0 Å². The molecule has 0 amide bonds. The van der Waals surface area contributed by atoms with Gasteiger partial charge in [0.05, 0.1) is 17.0 Å². The highest BCUT2D eigenvalue weighted by Gasteiger charge is 2.28. The molecule has 3 nitrogen and oxygen atoms in total. The van der Waals surface area contributed by atoms with Gasteiger partial charge in [-0.15, -0.1) is 0 Å². The summed E-state index contributed by atoms with van der Waals surface area (Å²) < 4.78 is 5.76. The first kappa shape index (κ1) is 20.6. The molecule has 3 rings (SSSR count). The molecule has 0 aliphatic carbocycles. The van der Waals surface area contributed by atoms with Crippen LogP contribution in [0.4, 0.5) is 0 Å². The van der Waals surface area contributed by atoms with E-state index in [1.165, 1.54) is 14.7 Å². The van der Waals surface area contributed by atoms with Crippen LogP contribution < -0.4 is 9.84 Å². The number of carbonyl (C=O) groups is 1. The minimum Gasteiger partial charge on any atom is -0.550 e. The molecule has 0 saturated heterocycles. The lowest BCUT2D eigenvalue weighted by molar-refractivity contribution is -0.302. The number of carbonyl (C=O) groups excluding carboxylic acids is 1. The van der Waals surface area contributed by atoms with E-state index in [1.807, 2.05) is 13.8 Å². The Hall–Kier alpha value is -2.72. The van der Waals surface area contributed by atoms with Gasteiger partial charge in [0.1, 0.15) is 5.75 Å². The van der Waals surface area contributed by atoms with Crippen LogP contribution >= 0.6 is 0 Å². The van der Waals surface area contributed by atoms with Crippen molar-refractivity contribution < 1.29 is 14.6 Å². The zero-order valence-corrected chi connectivity index (χ0v) is 16.6. The van der Waals surface area contributed by atoms with E-state index in [1.54, 1.807) is 0 Å². The van der Waals surface area contributed by atoms with Gasteiger partial charge in [0.25, 0.3) is 0 Å². The SMILES string of the molecule is CC(=O)[O-].CC(C)Oc1ccc([S+](c2ccccc2)c2ccccc2)cc1. The lowest BCUT2D eigenvalue weighted by Crippen LogP contribution is -2.16. The quantitative estimate of drug-likeness (QED) is 0.619. The molecule has 3 aromatic rings. The number of hydrogen-bond donors (Lipinski definition) is 0. The van der Waals surface area contributed by atoms with E-state index in [4.69, 9.17) is 14.6 Å². The molecule has 0 aliphatic heterocycles. The topological polar surface area (TPSA) is 49.4 Å². The Morgan fingerprint density at radius 2 is 1.15 bits per heavy atom. The van der Waals surface area contributed by atoms with Gasteiger partial charge in [0, 0.05) is 5.97 Å². The average molecular weight is 381 g/mol.